The molecule has 0 atom stereocenters. The van der Waals surface area contributed by atoms with Crippen molar-refractivity contribution in [3.8, 4) is 0 Å². The minimum Gasteiger partial charge on any atom is -0.456 e. The van der Waals surface area contributed by atoms with Crippen molar-refractivity contribution in [2.75, 3.05) is 19.7 Å². The van der Waals surface area contributed by atoms with Gasteiger partial charge >= 0.3 is 12.0 Å². The maximum Gasteiger partial charge on any atom is 0.315 e. The fourth-order valence-corrected chi connectivity index (χ4v) is 5.28. The van der Waals surface area contributed by atoms with Crippen LogP contribution >= 0.6 is 0 Å². The molecule has 0 aromatic heterocycles. The molecule has 7 heteroatoms. The van der Waals surface area contributed by atoms with Crippen molar-refractivity contribution in [1.82, 2.24) is 16.0 Å². The molecule has 0 radical (unpaired) electrons. The summed E-state index contributed by atoms with van der Waals surface area (Å²) in [5.41, 5.74) is -0.0391. The molecular formula is C19H29N3O4. The van der Waals surface area contributed by atoms with Gasteiger partial charge in [-0.1, -0.05) is 6.08 Å². The first kappa shape index (κ1) is 18.7. The van der Waals surface area contributed by atoms with E-state index in [1.165, 1.54) is 19.3 Å². The Kier molecular flexibility index (Phi) is 5.84. The molecule has 26 heavy (non-hydrogen) atoms. The van der Waals surface area contributed by atoms with E-state index in [-0.39, 0.29) is 37.0 Å². The molecule has 0 spiro atoms. The minimum absolute atomic E-state index is 0.0391. The Morgan fingerprint density at radius 3 is 2.23 bits per heavy atom. The number of hydrogen-bond donors (Lipinski definition) is 3. The zero-order valence-corrected chi connectivity index (χ0v) is 15.2. The predicted octanol–water partition coefficient (Wildman–Crippen LogP) is 1.49. The van der Waals surface area contributed by atoms with E-state index >= 15 is 0 Å². The average molecular weight is 363 g/mol. The lowest BCUT2D eigenvalue weighted by atomic mass is 9.53. The molecule has 4 aliphatic rings. The third-order valence-corrected chi connectivity index (χ3v) is 5.84. The Labute approximate surface area is 154 Å². The molecule has 4 saturated carbocycles. The van der Waals surface area contributed by atoms with Gasteiger partial charge in [-0.3, -0.25) is 9.59 Å². The van der Waals surface area contributed by atoms with Crippen LogP contribution in [-0.2, 0) is 14.3 Å². The van der Waals surface area contributed by atoms with Crippen LogP contribution < -0.4 is 16.0 Å². The number of carbonyl (C=O) groups is 3. The van der Waals surface area contributed by atoms with Crippen molar-refractivity contribution in [2.24, 2.45) is 17.8 Å². The van der Waals surface area contributed by atoms with E-state index in [0.717, 1.165) is 37.0 Å². The molecule has 0 aromatic carbocycles. The van der Waals surface area contributed by atoms with Gasteiger partial charge in [-0.05, 0) is 56.3 Å². The Bertz CT molecular complexity index is 540. The zero-order chi connectivity index (χ0) is 18.6. The van der Waals surface area contributed by atoms with Gasteiger partial charge in [0, 0.05) is 18.6 Å². The Balaban J connectivity index is 1.33. The van der Waals surface area contributed by atoms with Crippen LogP contribution in [0.15, 0.2) is 12.7 Å². The largest absolute Gasteiger partial charge is 0.456 e. The van der Waals surface area contributed by atoms with Crippen LogP contribution in [0.4, 0.5) is 4.79 Å². The van der Waals surface area contributed by atoms with Crippen molar-refractivity contribution in [1.29, 1.82) is 0 Å². The summed E-state index contributed by atoms with van der Waals surface area (Å²) >= 11 is 0. The molecule has 4 aliphatic carbocycles. The predicted molar refractivity (Wildman–Crippen MR) is 96.2 cm³/mol. The number of rotatable bonds is 8. The van der Waals surface area contributed by atoms with Crippen LogP contribution in [0.3, 0.4) is 0 Å². The standard InChI is InChI=1S/C19H29N3O4/c1-2-4-20-16(23)12-26-17(24)3-5-21-18(25)22-19-9-13-6-14(10-19)8-15(7-13)11-19/h2,13-15H,1,3-12H2,(H,20,23)(H2,21,22,25). The molecule has 0 aliphatic heterocycles. The van der Waals surface area contributed by atoms with E-state index in [1.54, 1.807) is 6.08 Å². The highest BCUT2D eigenvalue weighted by Gasteiger charge is 2.51. The first-order valence-corrected chi connectivity index (χ1v) is 9.57. The number of carbonyl (C=O) groups excluding carboxylic acids is 3. The van der Waals surface area contributed by atoms with Crippen LogP contribution in [0.1, 0.15) is 44.9 Å². The highest BCUT2D eigenvalue weighted by molar-refractivity contribution is 5.81. The lowest BCUT2D eigenvalue weighted by Crippen LogP contribution is -2.61. The Morgan fingerprint density at radius 2 is 1.65 bits per heavy atom. The van der Waals surface area contributed by atoms with Gasteiger partial charge < -0.3 is 20.7 Å². The summed E-state index contributed by atoms with van der Waals surface area (Å²) in [4.78, 5) is 35.2. The molecule has 4 bridgehead atoms. The molecule has 0 aromatic rings. The normalized spacial score (nSPS) is 31.2. The fourth-order valence-electron chi connectivity index (χ4n) is 5.28. The molecule has 0 unspecified atom stereocenters. The maximum absolute atomic E-state index is 12.2. The molecule has 0 heterocycles. The fraction of sp³-hybridized carbons (Fsp3) is 0.737. The van der Waals surface area contributed by atoms with E-state index in [4.69, 9.17) is 4.74 Å². The maximum atomic E-state index is 12.2. The summed E-state index contributed by atoms with van der Waals surface area (Å²) in [7, 11) is 0. The van der Waals surface area contributed by atoms with Crippen LogP contribution in [0, 0.1) is 17.8 Å². The SMILES string of the molecule is C=CCNC(=O)COC(=O)CCNC(=O)NC12CC3CC(CC(C3)C1)C2. The number of urea groups is 1. The molecule has 4 fully saturated rings. The van der Waals surface area contributed by atoms with Crippen LogP contribution in [0.2, 0.25) is 0 Å². The first-order valence-electron chi connectivity index (χ1n) is 9.57. The summed E-state index contributed by atoms with van der Waals surface area (Å²) in [5, 5.41) is 8.46. The van der Waals surface area contributed by atoms with Gasteiger partial charge in [0.2, 0.25) is 0 Å². The minimum atomic E-state index is -0.506. The molecule has 144 valence electrons. The number of hydrogen-bond acceptors (Lipinski definition) is 4. The second-order valence-electron chi connectivity index (χ2n) is 8.08. The average Bonchev–Trinajstić information content (AvgIpc) is 2.56. The van der Waals surface area contributed by atoms with Gasteiger partial charge in [-0.25, -0.2) is 4.79 Å². The van der Waals surface area contributed by atoms with Crippen molar-refractivity contribution in [3.05, 3.63) is 12.7 Å². The number of amides is 3. The summed E-state index contributed by atoms with van der Waals surface area (Å²) in [5.74, 6) is 1.43. The lowest BCUT2D eigenvalue weighted by molar-refractivity contribution is -0.148. The Morgan fingerprint density at radius 1 is 1.04 bits per heavy atom. The van der Waals surface area contributed by atoms with E-state index in [9.17, 15) is 14.4 Å². The van der Waals surface area contributed by atoms with Crippen LogP contribution in [0.5, 0.6) is 0 Å². The lowest BCUT2D eigenvalue weighted by Gasteiger charge is -2.56. The van der Waals surface area contributed by atoms with Crippen molar-refractivity contribution < 1.29 is 19.1 Å². The molecule has 7 nitrogen and oxygen atoms in total. The highest BCUT2D eigenvalue weighted by Crippen LogP contribution is 2.55. The molecule has 3 N–H and O–H groups in total. The third kappa shape index (κ3) is 4.77. The van der Waals surface area contributed by atoms with E-state index in [2.05, 4.69) is 22.5 Å². The van der Waals surface area contributed by atoms with E-state index in [0.29, 0.717) is 6.54 Å². The van der Waals surface area contributed by atoms with E-state index in [1.807, 2.05) is 0 Å². The quantitative estimate of drug-likeness (QED) is 0.450. The third-order valence-electron chi connectivity index (χ3n) is 5.84. The smallest absolute Gasteiger partial charge is 0.315 e. The molecule has 3 amide bonds. The number of nitrogens with one attached hydrogen (secondary N) is 3. The monoisotopic (exact) mass is 363 g/mol. The summed E-state index contributed by atoms with van der Waals surface area (Å²) < 4.78 is 4.86. The summed E-state index contributed by atoms with van der Waals surface area (Å²) in [6.45, 7) is 3.71. The first-order chi connectivity index (χ1) is 12.5. The van der Waals surface area contributed by atoms with Gasteiger partial charge in [0.15, 0.2) is 6.61 Å². The number of ether oxygens (including phenoxy) is 1. The van der Waals surface area contributed by atoms with Crippen molar-refractivity contribution in [2.45, 2.75) is 50.5 Å². The van der Waals surface area contributed by atoms with Gasteiger partial charge in [0.05, 0.1) is 6.42 Å². The number of esters is 1. The van der Waals surface area contributed by atoms with Crippen LogP contribution in [0.25, 0.3) is 0 Å². The van der Waals surface area contributed by atoms with E-state index < -0.39 is 5.97 Å². The van der Waals surface area contributed by atoms with Crippen molar-refractivity contribution in [3.63, 3.8) is 0 Å². The molecular weight excluding hydrogens is 334 g/mol. The zero-order valence-electron chi connectivity index (χ0n) is 15.2. The Hall–Kier alpha value is -2.05. The van der Waals surface area contributed by atoms with Gasteiger partial charge in [-0.15, -0.1) is 6.58 Å². The summed E-state index contributed by atoms with van der Waals surface area (Å²) in [6, 6.07) is -0.205. The second-order valence-corrected chi connectivity index (χ2v) is 8.08. The van der Waals surface area contributed by atoms with Gasteiger partial charge in [0.1, 0.15) is 0 Å². The molecule has 0 saturated heterocycles. The van der Waals surface area contributed by atoms with Gasteiger partial charge in [-0.2, -0.15) is 0 Å². The summed E-state index contributed by atoms with van der Waals surface area (Å²) in [6.07, 6.45) is 8.85. The van der Waals surface area contributed by atoms with Crippen LogP contribution in [-0.4, -0.2) is 43.1 Å². The van der Waals surface area contributed by atoms with Gasteiger partial charge in [0.25, 0.3) is 5.91 Å². The topological polar surface area (TPSA) is 96.5 Å². The van der Waals surface area contributed by atoms with Crippen molar-refractivity contribution >= 4 is 17.9 Å². The highest BCUT2D eigenvalue weighted by atomic mass is 16.5. The molecule has 4 rings (SSSR count). The second kappa shape index (κ2) is 8.10.